The number of hydrogen-bond donors (Lipinski definition) is 0. The zero-order valence-corrected chi connectivity index (χ0v) is 21.8. The molecule has 0 saturated carbocycles. The number of hydrogen-bond acceptors (Lipinski definition) is 2. The topological polar surface area (TPSA) is 31.2 Å². The van der Waals surface area contributed by atoms with Gasteiger partial charge in [0.15, 0.2) is 0 Å². The lowest BCUT2D eigenvalue weighted by Crippen LogP contribution is -1.93. The smallest absolute Gasteiger partial charge is 0.137 e. The second-order valence-electron chi connectivity index (χ2n) is 10.6. The van der Waals surface area contributed by atoms with Crippen LogP contribution >= 0.6 is 0 Å². The monoisotopic (exact) mass is 513 g/mol. The fourth-order valence-electron chi connectivity index (χ4n) is 6.45. The Morgan fingerprint density at radius 3 is 2.02 bits per heavy atom. The van der Waals surface area contributed by atoms with Crippen molar-refractivity contribution in [3.8, 4) is 16.8 Å². The third-order valence-electron chi connectivity index (χ3n) is 8.26. The largest absolute Gasteiger partial charge is 0.456 e. The zero-order valence-electron chi connectivity index (χ0n) is 21.8. The molecule has 0 spiro atoms. The maximum absolute atomic E-state index is 6.50. The molecule has 0 unspecified atom stereocenters. The van der Waals surface area contributed by atoms with E-state index in [0.717, 1.165) is 60.7 Å². The predicted molar refractivity (Wildman–Crippen MR) is 166 cm³/mol. The summed E-state index contributed by atoms with van der Waals surface area (Å²) in [5.41, 5.74) is 10.6. The average molecular weight is 514 g/mol. The molecule has 0 amide bonds. The summed E-state index contributed by atoms with van der Waals surface area (Å²) in [5, 5.41) is 7.02. The summed E-state index contributed by atoms with van der Waals surface area (Å²) in [5.74, 6) is 0. The molecule has 9 rings (SSSR count). The highest BCUT2D eigenvalue weighted by atomic mass is 16.3. The van der Waals surface area contributed by atoms with Crippen molar-refractivity contribution in [3.63, 3.8) is 0 Å². The Bertz CT molecular complexity index is 2400. The summed E-state index contributed by atoms with van der Waals surface area (Å²) < 4.78 is 15.0. The Morgan fingerprint density at radius 2 is 1.20 bits per heavy atom. The molecule has 0 N–H and O–H groups in total. The van der Waals surface area contributed by atoms with Gasteiger partial charge in [-0.1, -0.05) is 66.7 Å². The van der Waals surface area contributed by atoms with E-state index in [-0.39, 0.29) is 0 Å². The molecule has 0 fully saturated rings. The first-order valence-electron chi connectivity index (χ1n) is 13.6. The molecular weight excluding hydrogens is 490 g/mol. The second kappa shape index (κ2) is 7.87. The van der Waals surface area contributed by atoms with Crippen LogP contribution in [0.5, 0.6) is 0 Å². The van der Waals surface area contributed by atoms with Gasteiger partial charge in [-0.3, -0.25) is 0 Å². The van der Waals surface area contributed by atoms with Crippen molar-refractivity contribution < 1.29 is 8.83 Å². The zero-order chi connectivity index (χ0) is 26.4. The molecule has 40 heavy (non-hydrogen) atoms. The highest BCUT2D eigenvalue weighted by Crippen LogP contribution is 2.40. The van der Waals surface area contributed by atoms with E-state index in [4.69, 9.17) is 8.83 Å². The molecule has 0 aliphatic heterocycles. The first-order chi connectivity index (χ1) is 19.7. The molecular formula is C37H23NO2. The number of aryl methyl sites for hydroxylation is 1. The maximum Gasteiger partial charge on any atom is 0.137 e. The van der Waals surface area contributed by atoms with Crippen LogP contribution < -0.4 is 0 Å². The maximum atomic E-state index is 6.50. The highest BCUT2D eigenvalue weighted by Gasteiger charge is 2.17. The first kappa shape index (κ1) is 21.6. The van der Waals surface area contributed by atoms with Crippen LogP contribution in [0.3, 0.4) is 0 Å². The number of rotatable bonds is 2. The molecule has 3 heteroatoms. The summed E-state index contributed by atoms with van der Waals surface area (Å²) >= 11 is 0. The van der Waals surface area contributed by atoms with E-state index in [1.807, 2.05) is 0 Å². The van der Waals surface area contributed by atoms with Crippen molar-refractivity contribution in [3.05, 3.63) is 127 Å². The summed E-state index contributed by atoms with van der Waals surface area (Å²) in [6.45, 7) is 2.09. The van der Waals surface area contributed by atoms with E-state index < -0.39 is 0 Å². The number of fused-ring (bicyclic) bond motifs is 9. The fourth-order valence-corrected chi connectivity index (χ4v) is 6.45. The van der Waals surface area contributed by atoms with Crippen LogP contribution in [0.15, 0.2) is 130 Å². The molecule has 3 nitrogen and oxygen atoms in total. The Hall–Kier alpha value is -5.28. The van der Waals surface area contributed by atoms with Gasteiger partial charge in [0.25, 0.3) is 0 Å². The van der Waals surface area contributed by atoms with E-state index in [0.29, 0.717) is 0 Å². The van der Waals surface area contributed by atoms with E-state index >= 15 is 0 Å². The van der Waals surface area contributed by atoms with Crippen LogP contribution in [0.25, 0.3) is 82.5 Å². The SMILES string of the molecule is Cc1ccc2c(c1)oc1ccc(-c3cccc4oc5cc(-n6c7ccccc7c7ccccc76)ccc5c34)cc12. The number of furan rings is 2. The van der Waals surface area contributed by atoms with Crippen LogP contribution in [-0.2, 0) is 0 Å². The second-order valence-corrected chi connectivity index (χ2v) is 10.6. The summed E-state index contributed by atoms with van der Waals surface area (Å²) in [7, 11) is 0. The Morgan fingerprint density at radius 1 is 0.475 bits per heavy atom. The summed E-state index contributed by atoms with van der Waals surface area (Å²) in [6.07, 6.45) is 0. The number of nitrogens with zero attached hydrogens (tertiary/aromatic N) is 1. The van der Waals surface area contributed by atoms with Gasteiger partial charge in [0.2, 0.25) is 0 Å². The number of aromatic nitrogens is 1. The van der Waals surface area contributed by atoms with Gasteiger partial charge >= 0.3 is 0 Å². The average Bonchev–Trinajstić information content (AvgIpc) is 3.65. The van der Waals surface area contributed by atoms with Crippen molar-refractivity contribution >= 4 is 65.7 Å². The molecule has 0 atom stereocenters. The Kier molecular flexibility index (Phi) is 4.26. The van der Waals surface area contributed by atoms with Gasteiger partial charge in [0.1, 0.15) is 22.3 Å². The van der Waals surface area contributed by atoms with Crippen LogP contribution in [-0.4, -0.2) is 4.57 Å². The van der Waals surface area contributed by atoms with Gasteiger partial charge in [-0.15, -0.1) is 0 Å². The van der Waals surface area contributed by atoms with Crippen LogP contribution in [0.4, 0.5) is 0 Å². The van der Waals surface area contributed by atoms with Crippen LogP contribution in [0.2, 0.25) is 0 Å². The Balaban J connectivity index is 1.27. The standard InChI is InChI=1S/C37H23NO2/c1-22-13-16-28-30-20-23(14-18-33(30)39-35(28)19-22)25-9-6-12-34-37(25)29-17-15-24(21-36(29)40-34)38-31-10-4-2-7-26(31)27-8-3-5-11-32(27)38/h2-21H,1H3. The predicted octanol–water partition coefficient (Wildman–Crippen LogP) is 10.6. The summed E-state index contributed by atoms with van der Waals surface area (Å²) in [6, 6.07) is 43.0. The normalized spacial score (nSPS) is 12.1. The van der Waals surface area contributed by atoms with Crippen molar-refractivity contribution in [2.45, 2.75) is 6.92 Å². The molecule has 3 aromatic heterocycles. The summed E-state index contributed by atoms with van der Waals surface area (Å²) in [4.78, 5) is 0. The molecule has 6 aromatic carbocycles. The lowest BCUT2D eigenvalue weighted by molar-refractivity contribution is 0.668. The molecule has 0 aliphatic carbocycles. The van der Waals surface area contributed by atoms with E-state index in [1.165, 1.54) is 27.4 Å². The minimum atomic E-state index is 0.882. The molecule has 0 bridgehead atoms. The van der Waals surface area contributed by atoms with Crippen molar-refractivity contribution in [1.29, 1.82) is 0 Å². The quantitative estimate of drug-likeness (QED) is 0.230. The van der Waals surface area contributed by atoms with Gasteiger partial charge in [-0.05, 0) is 72.1 Å². The van der Waals surface area contributed by atoms with Crippen LogP contribution in [0, 0.1) is 6.92 Å². The fraction of sp³-hybridized carbons (Fsp3) is 0.0270. The lowest BCUT2D eigenvalue weighted by atomic mass is 9.97. The third kappa shape index (κ3) is 2.95. The van der Waals surface area contributed by atoms with Gasteiger partial charge in [0.05, 0.1) is 11.0 Å². The molecule has 0 radical (unpaired) electrons. The van der Waals surface area contributed by atoms with Crippen molar-refractivity contribution in [2.75, 3.05) is 0 Å². The van der Waals surface area contributed by atoms with Crippen molar-refractivity contribution in [2.24, 2.45) is 0 Å². The minimum Gasteiger partial charge on any atom is -0.456 e. The first-order valence-corrected chi connectivity index (χ1v) is 13.6. The number of benzene rings is 6. The van der Waals surface area contributed by atoms with E-state index in [2.05, 4.69) is 133 Å². The molecule has 3 heterocycles. The molecule has 0 saturated heterocycles. The molecule has 188 valence electrons. The molecule has 9 aromatic rings. The highest BCUT2D eigenvalue weighted by molar-refractivity contribution is 6.15. The molecule has 0 aliphatic rings. The Labute approximate surface area is 229 Å². The van der Waals surface area contributed by atoms with Gasteiger partial charge in [0, 0.05) is 44.1 Å². The van der Waals surface area contributed by atoms with Gasteiger partial charge in [-0.2, -0.15) is 0 Å². The third-order valence-corrected chi connectivity index (χ3v) is 8.26. The van der Waals surface area contributed by atoms with Crippen LogP contribution in [0.1, 0.15) is 5.56 Å². The van der Waals surface area contributed by atoms with E-state index in [1.54, 1.807) is 0 Å². The van der Waals surface area contributed by atoms with E-state index in [9.17, 15) is 0 Å². The number of para-hydroxylation sites is 2. The lowest BCUT2D eigenvalue weighted by Gasteiger charge is -2.08. The minimum absolute atomic E-state index is 0.882. The van der Waals surface area contributed by atoms with Gasteiger partial charge < -0.3 is 13.4 Å². The van der Waals surface area contributed by atoms with Crippen molar-refractivity contribution in [1.82, 2.24) is 4.57 Å². The van der Waals surface area contributed by atoms with Gasteiger partial charge in [-0.25, -0.2) is 0 Å².